The van der Waals surface area contributed by atoms with Gasteiger partial charge in [0.2, 0.25) is 5.91 Å². The van der Waals surface area contributed by atoms with Crippen molar-refractivity contribution in [2.24, 2.45) is 0 Å². The van der Waals surface area contributed by atoms with E-state index < -0.39 is 0 Å². The summed E-state index contributed by atoms with van der Waals surface area (Å²) in [6, 6.07) is 9.40. The number of benzene rings is 1. The molecular weight excluding hydrogens is 274 g/mol. The monoisotopic (exact) mass is 293 g/mol. The van der Waals surface area contributed by atoms with Crippen molar-refractivity contribution >= 4 is 23.4 Å². The normalized spacial score (nSPS) is 12.3. The minimum Gasteiger partial charge on any atom is -0.274 e. The van der Waals surface area contributed by atoms with Gasteiger partial charge in [0.1, 0.15) is 0 Å². The van der Waals surface area contributed by atoms with Crippen LogP contribution in [-0.4, -0.2) is 28.6 Å². The van der Waals surface area contributed by atoms with E-state index in [9.17, 15) is 9.59 Å². The van der Waals surface area contributed by atoms with Crippen LogP contribution in [0.1, 0.15) is 25.8 Å². The van der Waals surface area contributed by atoms with Crippen molar-refractivity contribution in [3.05, 3.63) is 48.0 Å². The maximum absolute atomic E-state index is 12.1. The quantitative estimate of drug-likeness (QED) is 0.597. The molecule has 0 bridgehead atoms. The molecular formula is C16H20ClNO2. The summed E-state index contributed by atoms with van der Waals surface area (Å²) in [5, 5.41) is 0. The highest BCUT2D eigenvalue weighted by atomic mass is 35.5. The molecule has 1 unspecified atom stereocenters. The molecule has 0 aliphatic carbocycles. The Morgan fingerprint density at radius 3 is 2.45 bits per heavy atom. The minimum absolute atomic E-state index is 0.199. The molecule has 0 aliphatic heterocycles. The number of alkyl halides is 1. The predicted octanol–water partition coefficient (Wildman–Crippen LogP) is 3.18. The van der Waals surface area contributed by atoms with Gasteiger partial charge in [0.05, 0.1) is 6.04 Å². The average Bonchev–Trinajstić information content (AvgIpc) is 2.47. The summed E-state index contributed by atoms with van der Waals surface area (Å²) in [7, 11) is 0. The van der Waals surface area contributed by atoms with Crippen LogP contribution < -0.4 is 0 Å². The van der Waals surface area contributed by atoms with Crippen LogP contribution in [0.5, 0.6) is 0 Å². The zero-order valence-corrected chi connectivity index (χ0v) is 12.6. The number of hydrogen-bond acceptors (Lipinski definition) is 2. The lowest BCUT2D eigenvalue weighted by Gasteiger charge is -2.27. The summed E-state index contributed by atoms with van der Waals surface area (Å²) < 4.78 is 0. The fourth-order valence-corrected chi connectivity index (χ4v) is 2.25. The zero-order valence-electron chi connectivity index (χ0n) is 11.9. The Kier molecular flexibility index (Phi) is 7.02. The molecule has 20 heavy (non-hydrogen) atoms. The van der Waals surface area contributed by atoms with Crippen molar-refractivity contribution in [3.8, 4) is 0 Å². The number of nitrogens with zero attached hydrogens (tertiary/aromatic N) is 1. The Labute approximate surface area is 125 Å². The second-order valence-corrected chi connectivity index (χ2v) is 4.76. The molecule has 4 heteroatoms. The third-order valence-corrected chi connectivity index (χ3v) is 3.33. The van der Waals surface area contributed by atoms with Gasteiger partial charge in [-0.05, 0) is 25.0 Å². The Morgan fingerprint density at radius 1 is 1.30 bits per heavy atom. The number of carbonyl (C=O) groups is 2. The topological polar surface area (TPSA) is 37.4 Å². The first kappa shape index (κ1) is 16.4. The van der Waals surface area contributed by atoms with Crippen molar-refractivity contribution in [2.45, 2.75) is 32.7 Å². The lowest BCUT2D eigenvalue weighted by molar-refractivity contribution is -0.144. The maximum atomic E-state index is 12.1. The fraction of sp³-hybridized carbons (Fsp3) is 0.375. The number of amides is 2. The van der Waals surface area contributed by atoms with Crippen LogP contribution in [0.2, 0.25) is 0 Å². The van der Waals surface area contributed by atoms with Gasteiger partial charge in [-0.3, -0.25) is 14.5 Å². The van der Waals surface area contributed by atoms with Crippen LogP contribution in [0.3, 0.4) is 0 Å². The van der Waals surface area contributed by atoms with Gasteiger partial charge in [-0.1, -0.05) is 43.3 Å². The molecule has 1 rings (SSSR count). The van der Waals surface area contributed by atoms with Crippen LogP contribution in [0.4, 0.5) is 0 Å². The van der Waals surface area contributed by atoms with Crippen molar-refractivity contribution in [3.63, 3.8) is 0 Å². The van der Waals surface area contributed by atoms with Gasteiger partial charge in [0, 0.05) is 12.3 Å². The van der Waals surface area contributed by atoms with Gasteiger partial charge in [0.25, 0.3) is 5.91 Å². The third kappa shape index (κ3) is 4.49. The smallest absolute Gasteiger partial charge is 0.253 e. The number of hydrogen-bond donors (Lipinski definition) is 0. The van der Waals surface area contributed by atoms with Crippen LogP contribution in [0, 0.1) is 0 Å². The molecule has 1 aromatic carbocycles. The molecule has 0 spiro atoms. The predicted molar refractivity (Wildman–Crippen MR) is 81.6 cm³/mol. The molecule has 108 valence electrons. The van der Waals surface area contributed by atoms with E-state index in [2.05, 4.69) is 0 Å². The van der Waals surface area contributed by atoms with Crippen molar-refractivity contribution < 1.29 is 9.59 Å². The maximum Gasteiger partial charge on any atom is 0.253 e. The first-order chi connectivity index (χ1) is 9.63. The summed E-state index contributed by atoms with van der Waals surface area (Å²) in [4.78, 5) is 25.4. The first-order valence-corrected chi connectivity index (χ1v) is 7.26. The van der Waals surface area contributed by atoms with Crippen LogP contribution in [0.15, 0.2) is 42.5 Å². The molecule has 0 radical (unpaired) electrons. The van der Waals surface area contributed by atoms with E-state index in [0.29, 0.717) is 6.42 Å². The summed E-state index contributed by atoms with van der Waals surface area (Å²) >= 11 is 5.99. The van der Waals surface area contributed by atoms with Gasteiger partial charge >= 0.3 is 0 Å². The van der Waals surface area contributed by atoms with Gasteiger partial charge in [0.15, 0.2) is 0 Å². The number of rotatable bonds is 6. The SMILES string of the molecule is C/C=C/C(=O)N(C(=O)CC)C(CCl)Cc1ccccc1. The molecule has 1 atom stereocenters. The van der Waals surface area contributed by atoms with Gasteiger partial charge < -0.3 is 0 Å². The van der Waals surface area contributed by atoms with E-state index in [1.165, 1.54) is 11.0 Å². The van der Waals surface area contributed by atoms with Crippen LogP contribution >= 0.6 is 11.6 Å². The molecule has 0 saturated heterocycles. The molecule has 1 aromatic rings. The summed E-state index contributed by atoms with van der Waals surface area (Å²) in [5.41, 5.74) is 1.06. The standard InChI is InChI=1S/C16H20ClNO2/c1-3-8-16(20)18(15(19)4-2)14(12-17)11-13-9-6-5-7-10-13/h3,5-10,14H,4,11-12H2,1-2H3/b8-3+. The molecule has 3 nitrogen and oxygen atoms in total. The lowest BCUT2D eigenvalue weighted by atomic mass is 10.1. The Bertz CT molecular complexity index is 471. The number of imide groups is 1. The molecule has 0 heterocycles. The summed E-state index contributed by atoms with van der Waals surface area (Å²) in [6.07, 6.45) is 3.88. The van der Waals surface area contributed by atoms with E-state index in [0.717, 1.165) is 5.56 Å². The lowest BCUT2D eigenvalue weighted by Crippen LogP contribution is -2.45. The fourth-order valence-electron chi connectivity index (χ4n) is 2.00. The number of allylic oxidation sites excluding steroid dienone is 1. The molecule has 0 fully saturated rings. The highest BCUT2D eigenvalue weighted by Crippen LogP contribution is 2.13. The minimum atomic E-state index is -0.324. The second-order valence-electron chi connectivity index (χ2n) is 4.45. The molecule has 0 aromatic heterocycles. The Morgan fingerprint density at radius 2 is 1.95 bits per heavy atom. The molecule has 0 N–H and O–H groups in total. The number of carbonyl (C=O) groups excluding carboxylic acids is 2. The van der Waals surface area contributed by atoms with E-state index >= 15 is 0 Å². The van der Waals surface area contributed by atoms with Crippen molar-refractivity contribution in [1.29, 1.82) is 0 Å². The first-order valence-electron chi connectivity index (χ1n) is 6.72. The Hall–Kier alpha value is -1.61. The van der Waals surface area contributed by atoms with E-state index in [-0.39, 0.29) is 30.2 Å². The second kappa shape index (κ2) is 8.54. The molecule has 2 amide bonds. The van der Waals surface area contributed by atoms with Crippen LogP contribution in [-0.2, 0) is 16.0 Å². The van der Waals surface area contributed by atoms with E-state index in [4.69, 9.17) is 11.6 Å². The van der Waals surface area contributed by atoms with Crippen LogP contribution in [0.25, 0.3) is 0 Å². The Balaban J connectivity index is 2.96. The van der Waals surface area contributed by atoms with Gasteiger partial charge in [-0.15, -0.1) is 11.6 Å². The van der Waals surface area contributed by atoms with E-state index in [1.807, 2.05) is 30.3 Å². The highest BCUT2D eigenvalue weighted by molar-refractivity contribution is 6.18. The summed E-state index contributed by atoms with van der Waals surface area (Å²) in [6.45, 7) is 3.49. The molecule has 0 saturated carbocycles. The zero-order chi connectivity index (χ0) is 15.0. The van der Waals surface area contributed by atoms with Crippen molar-refractivity contribution in [1.82, 2.24) is 4.90 Å². The number of halogens is 1. The molecule has 0 aliphatic rings. The van der Waals surface area contributed by atoms with Gasteiger partial charge in [-0.2, -0.15) is 0 Å². The van der Waals surface area contributed by atoms with Crippen molar-refractivity contribution in [2.75, 3.05) is 5.88 Å². The average molecular weight is 294 g/mol. The largest absolute Gasteiger partial charge is 0.274 e. The van der Waals surface area contributed by atoms with E-state index in [1.54, 1.807) is 19.9 Å². The summed E-state index contributed by atoms with van der Waals surface area (Å²) in [5.74, 6) is -0.278. The third-order valence-electron chi connectivity index (χ3n) is 2.98. The highest BCUT2D eigenvalue weighted by Gasteiger charge is 2.26. The van der Waals surface area contributed by atoms with Gasteiger partial charge in [-0.25, -0.2) is 0 Å².